The third-order valence-corrected chi connectivity index (χ3v) is 4.97. The molecule has 0 amide bonds. The first-order valence-electron chi connectivity index (χ1n) is 9.11. The molecule has 2 N–H and O–H groups in total. The lowest BCUT2D eigenvalue weighted by Gasteiger charge is -2.27. The van der Waals surface area contributed by atoms with Crippen LogP contribution < -0.4 is 14.8 Å². The summed E-state index contributed by atoms with van der Waals surface area (Å²) in [5, 5.41) is 13.5. The average molecular weight is 319 g/mol. The van der Waals surface area contributed by atoms with E-state index in [1.165, 1.54) is 24.8 Å². The van der Waals surface area contributed by atoms with Gasteiger partial charge in [0, 0.05) is 18.5 Å². The second-order valence-corrected chi connectivity index (χ2v) is 6.73. The van der Waals surface area contributed by atoms with Gasteiger partial charge < -0.3 is 19.9 Å². The molecular weight excluding hydrogens is 290 g/mol. The summed E-state index contributed by atoms with van der Waals surface area (Å²) in [5.41, 5.74) is 1.17. The van der Waals surface area contributed by atoms with Gasteiger partial charge in [0.25, 0.3) is 0 Å². The fraction of sp³-hybridized carbons (Fsp3) is 0.684. The molecule has 0 saturated heterocycles. The van der Waals surface area contributed by atoms with Crippen LogP contribution in [-0.2, 0) is 6.54 Å². The third-order valence-electron chi connectivity index (χ3n) is 4.97. The van der Waals surface area contributed by atoms with E-state index in [1.54, 1.807) is 0 Å². The van der Waals surface area contributed by atoms with Crippen LogP contribution in [0.4, 0.5) is 0 Å². The molecule has 1 aliphatic carbocycles. The Labute approximate surface area is 139 Å². The lowest BCUT2D eigenvalue weighted by molar-refractivity contribution is 0.0643. The van der Waals surface area contributed by atoms with Gasteiger partial charge in [0.05, 0.1) is 19.3 Å². The van der Waals surface area contributed by atoms with E-state index in [0.717, 1.165) is 63.5 Å². The summed E-state index contributed by atoms with van der Waals surface area (Å²) in [5.74, 6) is 2.28. The van der Waals surface area contributed by atoms with Gasteiger partial charge in [-0.05, 0) is 44.2 Å². The average Bonchev–Trinajstić information content (AvgIpc) is 2.82. The number of hydrogen-bond acceptors (Lipinski definition) is 4. The molecule has 4 heteroatoms. The summed E-state index contributed by atoms with van der Waals surface area (Å²) >= 11 is 0. The van der Waals surface area contributed by atoms with Gasteiger partial charge in [0.2, 0.25) is 0 Å². The molecule has 2 unspecified atom stereocenters. The van der Waals surface area contributed by atoms with Gasteiger partial charge in [-0.25, -0.2) is 0 Å². The summed E-state index contributed by atoms with van der Waals surface area (Å²) in [6, 6.07) is 6.11. The van der Waals surface area contributed by atoms with Crippen molar-refractivity contribution < 1.29 is 14.6 Å². The molecule has 0 spiro atoms. The van der Waals surface area contributed by atoms with Crippen LogP contribution in [0.5, 0.6) is 11.5 Å². The van der Waals surface area contributed by atoms with Gasteiger partial charge in [0.1, 0.15) is 0 Å². The van der Waals surface area contributed by atoms with Crippen molar-refractivity contribution in [3.8, 4) is 11.5 Å². The van der Waals surface area contributed by atoms with Crippen LogP contribution >= 0.6 is 0 Å². The number of rotatable bonds is 6. The van der Waals surface area contributed by atoms with E-state index in [0.29, 0.717) is 5.92 Å². The van der Waals surface area contributed by atoms with Crippen LogP contribution in [0.2, 0.25) is 0 Å². The summed E-state index contributed by atoms with van der Waals surface area (Å²) in [6.07, 6.45) is 7.77. The molecule has 1 aromatic rings. The Morgan fingerprint density at radius 1 is 1.09 bits per heavy atom. The Balaban J connectivity index is 1.42. The van der Waals surface area contributed by atoms with Crippen molar-refractivity contribution in [3.05, 3.63) is 23.8 Å². The maximum atomic E-state index is 10.0. The molecule has 2 atom stereocenters. The van der Waals surface area contributed by atoms with Gasteiger partial charge in [0.15, 0.2) is 11.5 Å². The van der Waals surface area contributed by atoms with Crippen molar-refractivity contribution in [1.29, 1.82) is 0 Å². The predicted octanol–water partition coefficient (Wildman–Crippen LogP) is 3.27. The second-order valence-electron chi connectivity index (χ2n) is 6.73. The highest BCUT2D eigenvalue weighted by Gasteiger charge is 2.22. The Morgan fingerprint density at radius 2 is 1.96 bits per heavy atom. The topological polar surface area (TPSA) is 50.7 Å². The molecule has 23 heavy (non-hydrogen) atoms. The molecule has 1 heterocycles. The van der Waals surface area contributed by atoms with E-state index in [9.17, 15) is 5.11 Å². The molecule has 1 aliphatic heterocycles. The zero-order chi connectivity index (χ0) is 15.9. The van der Waals surface area contributed by atoms with Crippen molar-refractivity contribution >= 4 is 0 Å². The van der Waals surface area contributed by atoms with Gasteiger partial charge in [-0.2, -0.15) is 0 Å². The Morgan fingerprint density at radius 3 is 2.87 bits per heavy atom. The van der Waals surface area contributed by atoms with Crippen molar-refractivity contribution in [3.63, 3.8) is 0 Å². The fourth-order valence-electron chi connectivity index (χ4n) is 3.63. The maximum Gasteiger partial charge on any atom is 0.165 e. The van der Waals surface area contributed by atoms with Crippen molar-refractivity contribution in [2.24, 2.45) is 5.92 Å². The molecule has 0 aromatic heterocycles. The molecule has 3 rings (SSSR count). The quantitative estimate of drug-likeness (QED) is 0.790. The molecule has 1 fully saturated rings. The SMILES string of the molecule is OC1CCCCC1CCCNCc1cccc2c1OCCCO2. The van der Waals surface area contributed by atoms with E-state index >= 15 is 0 Å². The number of fused-ring (bicyclic) bond motifs is 1. The van der Waals surface area contributed by atoms with Gasteiger partial charge in [-0.1, -0.05) is 25.0 Å². The predicted molar refractivity (Wildman–Crippen MR) is 91.0 cm³/mol. The first-order chi connectivity index (χ1) is 11.3. The zero-order valence-electron chi connectivity index (χ0n) is 13.9. The first-order valence-corrected chi connectivity index (χ1v) is 9.11. The highest BCUT2D eigenvalue weighted by atomic mass is 16.5. The highest BCUT2D eigenvalue weighted by molar-refractivity contribution is 5.47. The van der Waals surface area contributed by atoms with Crippen molar-refractivity contribution in [2.75, 3.05) is 19.8 Å². The van der Waals surface area contributed by atoms with E-state index < -0.39 is 0 Å². The number of aliphatic hydroxyl groups excluding tert-OH is 1. The number of para-hydroxylation sites is 1. The van der Waals surface area contributed by atoms with Gasteiger partial charge in [-0.3, -0.25) is 0 Å². The largest absolute Gasteiger partial charge is 0.490 e. The summed E-state index contributed by atoms with van der Waals surface area (Å²) in [6.45, 7) is 3.24. The fourth-order valence-corrected chi connectivity index (χ4v) is 3.63. The number of nitrogens with one attached hydrogen (secondary N) is 1. The highest BCUT2D eigenvalue weighted by Crippen LogP contribution is 2.33. The van der Waals surface area contributed by atoms with Gasteiger partial charge >= 0.3 is 0 Å². The van der Waals surface area contributed by atoms with Crippen LogP contribution in [0.3, 0.4) is 0 Å². The van der Waals surface area contributed by atoms with Crippen molar-refractivity contribution in [2.45, 2.75) is 57.6 Å². The number of benzene rings is 1. The zero-order valence-corrected chi connectivity index (χ0v) is 13.9. The maximum absolute atomic E-state index is 10.0. The van der Waals surface area contributed by atoms with Crippen LogP contribution in [0.15, 0.2) is 18.2 Å². The number of ether oxygens (including phenoxy) is 2. The van der Waals surface area contributed by atoms with E-state index in [-0.39, 0.29) is 6.10 Å². The third kappa shape index (κ3) is 4.61. The van der Waals surface area contributed by atoms with Crippen LogP contribution in [0, 0.1) is 5.92 Å². The Kier molecular flexibility index (Phi) is 6.17. The van der Waals surface area contributed by atoms with Crippen LogP contribution in [0.1, 0.15) is 50.5 Å². The van der Waals surface area contributed by atoms with Crippen LogP contribution in [-0.4, -0.2) is 31.0 Å². The van der Waals surface area contributed by atoms with E-state index in [1.807, 2.05) is 12.1 Å². The molecule has 0 bridgehead atoms. The summed E-state index contributed by atoms with van der Waals surface area (Å²) in [4.78, 5) is 0. The van der Waals surface area contributed by atoms with Gasteiger partial charge in [-0.15, -0.1) is 0 Å². The molecule has 128 valence electrons. The molecule has 1 aromatic carbocycles. The lowest BCUT2D eigenvalue weighted by atomic mass is 9.83. The molecular formula is C19H29NO3. The van der Waals surface area contributed by atoms with Crippen LogP contribution in [0.25, 0.3) is 0 Å². The monoisotopic (exact) mass is 319 g/mol. The summed E-state index contributed by atoms with van der Waals surface area (Å²) in [7, 11) is 0. The minimum absolute atomic E-state index is 0.0702. The molecule has 4 nitrogen and oxygen atoms in total. The first kappa shape index (κ1) is 16.6. The molecule has 2 aliphatic rings. The Bertz CT molecular complexity index is 492. The van der Waals surface area contributed by atoms with E-state index in [2.05, 4.69) is 11.4 Å². The standard InChI is InChI=1S/C19H29NO3/c21-17-9-2-1-6-15(17)8-4-11-20-14-16-7-3-10-18-19(16)23-13-5-12-22-18/h3,7,10,15,17,20-21H,1-2,4-6,8-9,11-14H2. The molecule has 0 radical (unpaired) electrons. The number of hydrogen-bond donors (Lipinski definition) is 2. The minimum atomic E-state index is -0.0702. The Hall–Kier alpha value is -1.26. The lowest BCUT2D eigenvalue weighted by Crippen LogP contribution is -2.25. The normalized spacial score (nSPS) is 24.2. The second kappa shape index (κ2) is 8.55. The minimum Gasteiger partial charge on any atom is -0.490 e. The molecule has 1 saturated carbocycles. The smallest absolute Gasteiger partial charge is 0.165 e. The number of aliphatic hydroxyl groups is 1. The van der Waals surface area contributed by atoms with Crippen molar-refractivity contribution in [1.82, 2.24) is 5.32 Å². The van der Waals surface area contributed by atoms with E-state index in [4.69, 9.17) is 9.47 Å². The summed E-state index contributed by atoms with van der Waals surface area (Å²) < 4.78 is 11.6.